The monoisotopic (exact) mass is 204 g/mol. The van der Waals surface area contributed by atoms with Crippen LogP contribution in [0.3, 0.4) is 0 Å². The van der Waals surface area contributed by atoms with E-state index in [4.69, 9.17) is 18.0 Å². The Bertz CT molecular complexity index is 367. The second-order valence-electron chi connectivity index (χ2n) is 3.91. The zero-order chi connectivity index (χ0) is 10.0. The highest BCUT2D eigenvalue weighted by Gasteiger charge is 2.34. The van der Waals surface area contributed by atoms with Gasteiger partial charge in [0.2, 0.25) is 0 Å². The molecule has 0 aliphatic heterocycles. The first-order chi connectivity index (χ1) is 6.78. The molecule has 0 saturated heterocycles. The van der Waals surface area contributed by atoms with E-state index in [9.17, 15) is 0 Å². The molecule has 0 heterocycles. The maximum Gasteiger partial charge on any atom is 0.0574 e. The highest BCUT2D eigenvalue weighted by atomic mass is 35.5. The molecular weight excluding hydrogens is 192 g/mol. The Morgan fingerprint density at radius 3 is 2.43 bits per heavy atom. The largest absolute Gasteiger partial charge is 0.119 e. The smallest absolute Gasteiger partial charge is 0.0574 e. The van der Waals surface area contributed by atoms with Crippen molar-refractivity contribution in [1.82, 2.24) is 0 Å². The van der Waals surface area contributed by atoms with Gasteiger partial charge in [0.05, 0.1) is 5.41 Å². The molecule has 72 valence electrons. The summed E-state index contributed by atoms with van der Waals surface area (Å²) >= 11 is 6.18. The fourth-order valence-corrected chi connectivity index (χ4v) is 2.64. The number of hydrogen-bond acceptors (Lipinski definition) is 0. The van der Waals surface area contributed by atoms with Gasteiger partial charge >= 0.3 is 0 Å². The van der Waals surface area contributed by atoms with Crippen molar-refractivity contribution in [2.75, 3.05) is 0 Å². The van der Waals surface area contributed by atoms with Crippen LogP contribution in [-0.2, 0) is 5.41 Å². The standard InChI is InChI=1S/C13H13Cl/c1-2-13(9-5-6-10-13)11-7-3-4-8-12(11)14/h1,3-4,7-8H,5-6,9-10H2. The summed E-state index contributed by atoms with van der Waals surface area (Å²) in [6.07, 6.45) is 10.2. The minimum absolute atomic E-state index is 0.0850. The lowest BCUT2D eigenvalue weighted by Gasteiger charge is -2.23. The maximum absolute atomic E-state index is 6.18. The molecule has 2 rings (SSSR count). The second-order valence-corrected chi connectivity index (χ2v) is 4.32. The Kier molecular flexibility index (Phi) is 2.52. The maximum atomic E-state index is 6.18. The van der Waals surface area contributed by atoms with Gasteiger partial charge in [-0.25, -0.2) is 0 Å². The van der Waals surface area contributed by atoms with E-state index in [2.05, 4.69) is 12.0 Å². The van der Waals surface area contributed by atoms with E-state index in [1.54, 1.807) is 0 Å². The Balaban J connectivity index is 2.47. The zero-order valence-corrected chi connectivity index (χ0v) is 8.85. The van der Waals surface area contributed by atoms with Crippen molar-refractivity contribution >= 4 is 11.6 Å². The Labute approximate surface area is 90.3 Å². The third-order valence-corrected chi connectivity index (χ3v) is 3.45. The highest BCUT2D eigenvalue weighted by molar-refractivity contribution is 6.31. The van der Waals surface area contributed by atoms with Gasteiger partial charge in [0, 0.05) is 5.02 Å². The predicted molar refractivity (Wildman–Crippen MR) is 60.4 cm³/mol. The van der Waals surface area contributed by atoms with Crippen LogP contribution in [-0.4, -0.2) is 0 Å². The summed E-state index contributed by atoms with van der Waals surface area (Å²) in [5, 5.41) is 0.812. The topological polar surface area (TPSA) is 0 Å². The predicted octanol–water partition coefficient (Wildman–Crippen LogP) is 3.79. The van der Waals surface area contributed by atoms with Gasteiger partial charge in [-0.15, -0.1) is 6.42 Å². The molecule has 1 aliphatic carbocycles. The molecule has 1 heteroatoms. The van der Waals surface area contributed by atoms with Crippen molar-refractivity contribution in [1.29, 1.82) is 0 Å². The number of terminal acetylenes is 1. The molecule has 1 aliphatic rings. The lowest BCUT2D eigenvalue weighted by Crippen LogP contribution is -2.19. The number of benzene rings is 1. The molecule has 0 spiro atoms. The molecule has 0 nitrogen and oxygen atoms in total. The van der Waals surface area contributed by atoms with Crippen LogP contribution >= 0.6 is 11.6 Å². The van der Waals surface area contributed by atoms with Gasteiger partial charge < -0.3 is 0 Å². The molecular formula is C13H13Cl. The molecule has 0 amide bonds. The van der Waals surface area contributed by atoms with Crippen molar-refractivity contribution < 1.29 is 0 Å². The average Bonchev–Trinajstić information content (AvgIpc) is 2.68. The van der Waals surface area contributed by atoms with Crippen molar-refractivity contribution in [3.63, 3.8) is 0 Å². The van der Waals surface area contributed by atoms with Gasteiger partial charge in [-0.3, -0.25) is 0 Å². The van der Waals surface area contributed by atoms with Crippen molar-refractivity contribution in [2.45, 2.75) is 31.1 Å². The van der Waals surface area contributed by atoms with E-state index in [1.807, 2.05) is 18.2 Å². The molecule has 0 N–H and O–H groups in total. The quantitative estimate of drug-likeness (QED) is 0.611. The Morgan fingerprint density at radius 1 is 1.21 bits per heavy atom. The number of rotatable bonds is 1. The lowest BCUT2D eigenvalue weighted by atomic mass is 9.80. The molecule has 1 fully saturated rings. The molecule has 0 unspecified atom stereocenters. The fraction of sp³-hybridized carbons (Fsp3) is 0.385. The van der Waals surface area contributed by atoms with Gasteiger partial charge in [-0.05, 0) is 24.5 Å². The van der Waals surface area contributed by atoms with Crippen LogP contribution in [0.4, 0.5) is 0 Å². The third-order valence-electron chi connectivity index (χ3n) is 3.12. The SMILES string of the molecule is C#CC1(c2ccccc2Cl)CCCC1. The molecule has 0 bridgehead atoms. The molecule has 14 heavy (non-hydrogen) atoms. The van der Waals surface area contributed by atoms with Crippen molar-refractivity contribution in [2.24, 2.45) is 0 Å². The Hall–Kier alpha value is -0.930. The van der Waals surface area contributed by atoms with Crippen LogP contribution in [0.15, 0.2) is 24.3 Å². The van der Waals surface area contributed by atoms with Gasteiger partial charge in [-0.1, -0.05) is 48.6 Å². The van der Waals surface area contributed by atoms with E-state index in [1.165, 1.54) is 12.8 Å². The minimum Gasteiger partial charge on any atom is -0.119 e. The lowest BCUT2D eigenvalue weighted by molar-refractivity contribution is 0.582. The van der Waals surface area contributed by atoms with Crippen LogP contribution in [0.1, 0.15) is 31.2 Å². The van der Waals surface area contributed by atoms with Crippen molar-refractivity contribution in [3.8, 4) is 12.3 Å². The zero-order valence-electron chi connectivity index (χ0n) is 8.09. The van der Waals surface area contributed by atoms with Gasteiger partial charge in [0.15, 0.2) is 0 Å². The second kappa shape index (κ2) is 3.67. The summed E-state index contributed by atoms with van der Waals surface area (Å²) in [6, 6.07) is 7.95. The molecule has 1 aromatic rings. The average molecular weight is 205 g/mol. The summed E-state index contributed by atoms with van der Waals surface area (Å²) < 4.78 is 0. The third kappa shape index (κ3) is 1.42. The van der Waals surface area contributed by atoms with Crippen LogP contribution in [0.5, 0.6) is 0 Å². The summed E-state index contributed by atoms with van der Waals surface area (Å²) in [5.41, 5.74) is 1.06. The number of halogens is 1. The minimum atomic E-state index is -0.0850. The normalized spacial score (nSPS) is 19.1. The molecule has 1 saturated carbocycles. The molecule has 0 radical (unpaired) electrons. The molecule has 0 aromatic heterocycles. The fourth-order valence-electron chi connectivity index (χ4n) is 2.32. The van der Waals surface area contributed by atoms with Crippen LogP contribution in [0.2, 0.25) is 5.02 Å². The van der Waals surface area contributed by atoms with Crippen molar-refractivity contribution in [3.05, 3.63) is 34.9 Å². The molecule has 1 aromatic carbocycles. The summed E-state index contributed by atoms with van der Waals surface area (Å²) in [4.78, 5) is 0. The summed E-state index contributed by atoms with van der Waals surface area (Å²) in [5.74, 6) is 2.95. The first-order valence-electron chi connectivity index (χ1n) is 5.01. The van der Waals surface area contributed by atoms with E-state index in [0.717, 1.165) is 23.4 Å². The van der Waals surface area contributed by atoms with Gasteiger partial charge in [-0.2, -0.15) is 0 Å². The highest BCUT2D eigenvalue weighted by Crippen LogP contribution is 2.42. The summed E-state index contributed by atoms with van der Waals surface area (Å²) in [6.45, 7) is 0. The number of hydrogen-bond donors (Lipinski definition) is 0. The van der Waals surface area contributed by atoms with Gasteiger partial charge in [0.25, 0.3) is 0 Å². The van der Waals surface area contributed by atoms with E-state index < -0.39 is 0 Å². The first kappa shape index (κ1) is 9.62. The van der Waals surface area contributed by atoms with Crippen LogP contribution in [0.25, 0.3) is 0 Å². The first-order valence-corrected chi connectivity index (χ1v) is 5.39. The molecule has 0 atom stereocenters. The van der Waals surface area contributed by atoms with Crippen LogP contribution in [0, 0.1) is 12.3 Å². The van der Waals surface area contributed by atoms with Gasteiger partial charge in [0.1, 0.15) is 0 Å². The van der Waals surface area contributed by atoms with E-state index >= 15 is 0 Å². The summed E-state index contributed by atoms with van der Waals surface area (Å²) in [7, 11) is 0. The Morgan fingerprint density at radius 2 is 1.86 bits per heavy atom. The van der Waals surface area contributed by atoms with Crippen LogP contribution < -0.4 is 0 Å². The van der Waals surface area contributed by atoms with E-state index in [-0.39, 0.29) is 5.41 Å². The van der Waals surface area contributed by atoms with E-state index in [0.29, 0.717) is 0 Å².